The molecule has 1 aromatic heterocycles. The van der Waals surface area contributed by atoms with Crippen LogP contribution in [-0.2, 0) is 20.7 Å². The van der Waals surface area contributed by atoms with Crippen molar-refractivity contribution in [3.05, 3.63) is 45.4 Å². The van der Waals surface area contributed by atoms with E-state index >= 15 is 0 Å². The zero-order chi connectivity index (χ0) is 19.3. The third-order valence-electron chi connectivity index (χ3n) is 3.88. The highest BCUT2D eigenvalue weighted by molar-refractivity contribution is 5.76. The minimum absolute atomic E-state index is 0.140. The third-order valence-corrected chi connectivity index (χ3v) is 3.88. The molecule has 0 fully saturated rings. The summed E-state index contributed by atoms with van der Waals surface area (Å²) < 4.78 is 9.90. The predicted octanol–water partition coefficient (Wildman–Crippen LogP) is 0.530. The third kappa shape index (κ3) is 4.24. The minimum atomic E-state index is -0.747. The molecule has 0 saturated heterocycles. The lowest BCUT2D eigenvalue weighted by molar-refractivity contribution is -0.142. The van der Waals surface area contributed by atoms with Gasteiger partial charge in [-0.15, -0.1) is 0 Å². The number of ether oxygens (including phenoxy) is 2. The van der Waals surface area contributed by atoms with Gasteiger partial charge < -0.3 is 25.4 Å². The van der Waals surface area contributed by atoms with Crippen LogP contribution in [0.3, 0.4) is 0 Å². The number of aromatic amines is 2. The van der Waals surface area contributed by atoms with Crippen molar-refractivity contribution in [2.24, 2.45) is 5.73 Å². The Morgan fingerprint density at radius 3 is 2.62 bits per heavy atom. The molecule has 1 amide bonds. The normalized spacial score (nSPS) is 11.8. The molecule has 0 aliphatic heterocycles. The summed E-state index contributed by atoms with van der Waals surface area (Å²) in [6, 6.07) is 4.53. The summed E-state index contributed by atoms with van der Waals surface area (Å²) >= 11 is 0. The molecule has 5 N–H and O–H groups in total. The number of rotatable bonds is 8. The van der Waals surface area contributed by atoms with Crippen molar-refractivity contribution in [1.29, 1.82) is 0 Å². The number of hydrogen-bond donors (Lipinski definition) is 4. The van der Waals surface area contributed by atoms with Crippen molar-refractivity contribution in [1.82, 2.24) is 10.2 Å². The Morgan fingerprint density at radius 2 is 2.04 bits per heavy atom. The zero-order valence-corrected chi connectivity index (χ0v) is 14.5. The Hall–Kier alpha value is -3.23. The lowest BCUT2D eigenvalue weighted by atomic mass is 9.87. The smallest absolute Gasteiger partial charge is 0.311 e. The van der Waals surface area contributed by atoms with E-state index in [-0.39, 0.29) is 36.5 Å². The second-order valence-corrected chi connectivity index (χ2v) is 5.61. The van der Waals surface area contributed by atoms with Crippen LogP contribution in [0.15, 0.2) is 23.0 Å². The van der Waals surface area contributed by atoms with Crippen molar-refractivity contribution in [2.45, 2.75) is 25.7 Å². The van der Waals surface area contributed by atoms with Crippen LogP contribution in [0.2, 0.25) is 0 Å². The van der Waals surface area contributed by atoms with Gasteiger partial charge in [0.05, 0.1) is 25.8 Å². The van der Waals surface area contributed by atoms with Gasteiger partial charge in [0, 0.05) is 17.9 Å². The Labute approximate surface area is 149 Å². The van der Waals surface area contributed by atoms with E-state index in [0.29, 0.717) is 11.3 Å². The van der Waals surface area contributed by atoms with Gasteiger partial charge in [-0.2, -0.15) is 0 Å². The van der Waals surface area contributed by atoms with E-state index in [4.69, 9.17) is 15.2 Å². The van der Waals surface area contributed by atoms with E-state index in [1.54, 1.807) is 13.0 Å². The van der Waals surface area contributed by atoms with Crippen LogP contribution in [0, 0.1) is 0 Å². The fraction of sp³-hybridized carbons (Fsp3) is 0.353. The van der Waals surface area contributed by atoms with Crippen LogP contribution in [0.1, 0.15) is 36.1 Å². The number of methoxy groups -OCH3 is 1. The Kier molecular flexibility index (Phi) is 6.05. The summed E-state index contributed by atoms with van der Waals surface area (Å²) in [5, 5.41) is 15.1. The van der Waals surface area contributed by atoms with Gasteiger partial charge in [0.1, 0.15) is 0 Å². The lowest BCUT2D eigenvalue weighted by Crippen LogP contribution is -2.21. The molecular formula is C17H21N3O6. The fourth-order valence-corrected chi connectivity index (χ4v) is 2.78. The van der Waals surface area contributed by atoms with Crippen molar-refractivity contribution in [3.8, 4) is 11.5 Å². The van der Waals surface area contributed by atoms with Crippen molar-refractivity contribution in [3.63, 3.8) is 0 Å². The van der Waals surface area contributed by atoms with Crippen molar-refractivity contribution in [2.75, 3.05) is 13.7 Å². The number of carbonyl (C=O) groups excluding carboxylic acids is 2. The van der Waals surface area contributed by atoms with E-state index in [1.165, 1.54) is 19.2 Å². The highest BCUT2D eigenvalue weighted by Crippen LogP contribution is 2.34. The van der Waals surface area contributed by atoms with Gasteiger partial charge in [-0.25, -0.2) is 0 Å². The van der Waals surface area contributed by atoms with E-state index < -0.39 is 23.4 Å². The summed E-state index contributed by atoms with van der Waals surface area (Å²) in [6.07, 6.45) is -0.345. The summed E-state index contributed by atoms with van der Waals surface area (Å²) in [6.45, 7) is 1.88. The number of aromatic hydroxyl groups is 1. The fourth-order valence-electron chi connectivity index (χ4n) is 2.78. The molecular weight excluding hydrogens is 342 g/mol. The number of primary amides is 1. The molecule has 0 spiro atoms. The van der Waals surface area contributed by atoms with Crippen molar-refractivity contribution < 1.29 is 24.2 Å². The lowest BCUT2D eigenvalue weighted by Gasteiger charge is -2.17. The summed E-state index contributed by atoms with van der Waals surface area (Å²) in [7, 11) is 1.41. The SMILES string of the molecule is CCOC(=O)Cc1[nH][nH]c(=O)c1C(CC(N)=O)c1ccc(OC)c(O)c1. The van der Waals surface area contributed by atoms with Crippen LogP contribution in [-0.4, -0.2) is 40.9 Å². The van der Waals surface area contributed by atoms with Crippen molar-refractivity contribution >= 4 is 11.9 Å². The number of hydrogen-bond acceptors (Lipinski definition) is 6. The topological polar surface area (TPSA) is 148 Å². The van der Waals surface area contributed by atoms with Gasteiger partial charge in [0.25, 0.3) is 5.56 Å². The van der Waals surface area contributed by atoms with E-state index in [2.05, 4.69) is 10.2 Å². The molecule has 1 aromatic carbocycles. The maximum absolute atomic E-state index is 12.3. The Balaban J connectivity index is 2.49. The molecule has 1 unspecified atom stereocenters. The number of phenolic OH excluding ortho intramolecular Hbond substituents is 1. The van der Waals surface area contributed by atoms with Gasteiger partial charge in [0.15, 0.2) is 11.5 Å². The maximum Gasteiger partial charge on any atom is 0.311 e. The number of esters is 1. The van der Waals surface area contributed by atoms with Crippen LogP contribution in [0.25, 0.3) is 0 Å². The number of aromatic nitrogens is 2. The number of H-pyrrole nitrogens is 2. The minimum Gasteiger partial charge on any atom is -0.504 e. The summed E-state index contributed by atoms with van der Waals surface area (Å²) in [5.41, 5.74) is 5.84. The van der Waals surface area contributed by atoms with E-state index in [0.717, 1.165) is 0 Å². The molecule has 2 rings (SSSR count). The van der Waals surface area contributed by atoms with Crippen LogP contribution in [0.4, 0.5) is 0 Å². The monoisotopic (exact) mass is 363 g/mol. The highest BCUT2D eigenvalue weighted by Gasteiger charge is 2.26. The molecule has 9 heteroatoms. The number of nitrogens with two attached hydrogens (primary N) is 1. The standard InChI is InChI=1S/C17H21N3O6/c1-3-26-15(23)8-11-16(17(24)20-19-11)10(7-14(18)22)9-4-5-13(25-2)12(21)6-9/h4-6,10,21H,3,7-8H2,1-2H3,(H2,18,22)(H2,19,20,24). The van der Waals surface area contributed by atoms with Gasteiger partial charge in [0.2, 0.25) is 5.91 Å². The van der Waals surface area contributed by atoms with Crippen LogP contribution >= 0.6 is 0 Å². The molecule has 0 aliphatic rings. The molecule has 1 heterocycles. The first-order valence-electron chi connectivity index (χ1n) is 7.97. The number of phenols is 1. The molecule has 1 atom stereocenters. The first-order valence-corrected chi connectivity index (χ1v) is 7.97. The molecule has 9 nitrogen and oxygen atoms in total. The maximum atomic E-state index is 12.3. The second-order valence-electron chi connectivity index (χ2n) is 5.61. The first-order chi connectivity index (χ1) is 12.4. The van der Waals surface area contributed by atoms with Crippen LogP contribution < -0.4 is 16.0 Å². The first kappa shape index (κ1) is 19.1. The molecule has 0 aliphatic carbocycles. The Bertz CT molecular complexity index is 854. The average Bonchev–Trinajstić information content (AvgIpc) is 2.93. The quantitative estimate of drug-likeness (QED) is 0.503. The van der Waals surface area contributed by atoms with Gasteiger partial charge >= 0.3 is 5.97 Å². The van der Waals surface area contributed by atoms with Gasteiger partial charge in [-0.1, -0.05) is 6.07 Å². The molecule has 140 valence electrons. The number of benzene rings is 1. The largest absolute Gasteiger partial charge is 0.504 e. The van der Waals surface area contributed by atoms with Gasteiger partial charge in [-0.05, 0) is 24.6 Å². The number of amides is 1. The van der Waals surface area contributed by atoms with Crippen LogP contribution in [0.5, 0.6) is 11.5 Å². The van der Waals surface area contributed by atoms with E-state index in [1.807, 2.05) is 0 Å². The molecule has 26 heavy (non-hydrogen) atoms. The molecule has 0 bridgehead atoms. The molecule has 0 saturated carbocycles. The number of nitrogens with one attached hydrogen (secondary N) is 2. The molecule has 0 radical (unpaired) electrons. The zero-order valence-electron chi connectivity index (χ0n) is 14.5. The van der Waals surface area contributed by atoms with Gasteiger partial charge in [-0.3, -0.25) is 19.5 Å². The Morgan fingerprint density at radius 1 is 1.31 bits per heavy atom. The average molecular weight is 363 g/mol. The highest BCUT2D eigenvalue weighted by atomic mass is 16.5. The number of carbonyl (C=O) groups is 2. The predicted molar refractivity (Wildman–Crippen MR) is 92.1 cm³/mol. The molecule has 2 aromatic rings. The summed E-state index contributed by atoms with van der Waals surface area (Å²) in [5.74, 6) is -1.78. The van der Waals surface area contributed by atoms with E-state index in [9.17, 15) is 19.5 Å². The summed E-state index contributed by atoms with van der Waals surface area (Å²) in [4.78, 5) is 35.6. The second kappa shape index (κ2) is 8.24.